The van der Waals surface area contributed by atoms with Crippen molar-refractivity contribution in [2.75, 3.05) is 0 Å². The second kappa shape index (κ2) is 7.03. The number of nitrogens with zero attached hydrogens (tertiary/aromatic N) is 3. The molecular formula is C18H24N4O2. The number of carbonyl (C=O) groups excluding carboxylic acids is 1. The number of benzene rings is 1. The first-order valence-corrected chi connectivity index (χ1v) is 8.57. The molecule has 128 valence electrons. The van der Waals surface area contributed by atoms with E-state index in [1.807, 2.05) is 38.1 Å². The van der Waals surface area contributed by atoms with Crippen LogP contribution in [0.2, 0.25) is 0 Å². The SMILES string of the molecule is Cc1ccc(C(C)NC(=O)Cn2nc3n(c2=O)CCCCC3)cc1. The number of carbonyl (C=O) groups is 1. The Morgan fingerprint density at radius 2 is 2.00 bits per heavy atom. The highest BCUT2D eigenvalue weighted by atomic mass is 16.2. The Morgan fingerprint density at radius 3 is 2.75 bits per heavy atom. The van der Waals surface area contributed by atoms with Crippen LogP contribution in [-0.2, 0) is 24.3 Å². The van der Waals surface area contributed by atoms with E-state index in [1.165, 1.54) is 10.2 Å². The molecule has 0 saturated carbocycles. The summed E-state index contributed by atoms with van der Waals surface area (Å²) in [6, 6.07) is 7.95. The number of hydrogen-bond donors (Lipinski definition) is 1. The maximum atomic E-state index is 12.4. The van der Waals surface area contributed by atoms with Gasteiger partial charge in [0.15, 0.2) is 0 Å². The highest BCUT2D eigenvalue weighted by Crippen LogP contribution is 2.13. The monoisotopic (exact) mass is 328 g/mol. The first-order chi connectivity index (χ1) is 11.5. The van der Waals surface area contributed by atoms with E-state index in [2.05, 4.69) is 10.4 Å². The fourth-order valence-electron chi connectivity index (χ4n) is 3.09. The van der Waals surface area contributed by atoms with Crippen LogP contribution in [0.3, 0.4) is 0 Å². The van der Waals surface area contributed by atoms with Gasteiger partial charge in [0.2, 0.25) is 5.91 Å². The van der Waals surface area contributed by atoms with Gasteiger partial charge >= 0.3 is 5.69 Å². The molecule has 0 fully saturated rings. The molecular weight excluding hydrogens is 304 g/mol. The van der Waals surface area contributed by atoms with Gasteiger partial charge in [0.1, 0.15) is 12.4 Å². The van der Waals surface area contributed by atoms with Crippen LogP contribution in [0.15, 0.2) is 29.1 Å². The lowest BCUT2D eigenvalue weighted by Crippen LogP contribution is -2.35. The maximum Gasteiger partial charge on any atom is 0.346 e. The summed E-state index contributed by atoms with van der Waals surface area (Å²) in [5.74, 6) is 0.607. The Kier molecular flexibility index (Phi) is 4.83. The number of rotatable bonds is 4. The van der Waals surface area contributed by atoms with Gasteiger partial charge in [-0.2, -0.15) is 5.10 Å². The minimum absolute atomic E-state index is 0.0327. The van der Waals surface area contributed by atoms with Crippen LogP contribution >= 0.6 is 0 Å². The van der Waals surface area contributed by atoms with Crippen molar-refractivity contribution in [3.8, 4) is 0 Å². The summed E-state index contributed by atoms with van der Waals surface area (Å²) in [5.41, 5.74) is 2.05. The summed E-state index contributed by atoms with van der Waals surface area (Å²) in [6.45, 7) is 4.64. The minimum Gasteiger partial charge on any atom is -0.348 e. The van der Waals surface area contributed by atoms with Crippen molar-refractivity contribution >= 4 is 5.91 Å². The molecule has 6 nitrogen and oxygen atoms in total. The van der Waals surface area contributed by atoms with Crippen LogP contribution in [0.25, 0.3) is 0 Å². The van der Waals surface area contributed by atoms with Crippen molar-refractivity contribution < 1.29 is 4.79 Å². The molecule has 2 heterocycles. The Balaban J connectivity index is 1.67. The van der Waals surface area contributed by atoms with Gasteiger partial charge in [-0.3, -0.25) is 9.36 Å². The smallest absolute Gasteiger partial charge is 0.346 e. The molecule has 1 N–H and O–H groups in total. The molecule has 1 aromatic heterocycles. The van der Waals surface area contributed by atoms with Crippen molar-refractivity contribution in [2.45, 2.75) is 58.7 Å². The number of nitrogens with one attached hydrogen (secondary N) is 1. The van der Waals surface area contributed by atoms with Crippen molar-refractivity contribution in [3.63, 3.8) is 0 Å². The second-order valence-electron chi connectivity index (χ2n) is 6.52. The Hall–Kier alpha value is -2.37. The quantitative estimate of drug-likeness (QED) is 0.933. The third-order valence-electron chi connectivity index (χ3n) is 4.53. The van der Waals surface area contributed by atoms with Crippen molar-refractivity contribution in [2.24, 2.45) is 0 Å². The zero-order valence-electron chi connectivity index (χ0n) is 14.3. The zero-order valence-corrected chi connectivity index (χ0v) is 14.3. The van der Waals surface area contributed by atoms with Gasteiger partial charge in [-0.1, -0.05) is 36.2 Å². The molecule has 1 amide bonds. The molecule has 24 heavy (non-hydrogen) atoms. The molecule has 0 aliphatic carbocycles. The van der Waals surface area contributed by atoms with E-state index in [4.69, 9.17) is 0 Å². The highest BCUT2D eigenvalue weighted by Gasteiger charge is 2.18. The summed E-state index contributed by atoms with van der Waals surface area (Å²) in [4.78, 5) is 24.7. The molecule has 0 radical (unpaired) electrons. The maximum absolute atomic E-state index is 12.4. The molecule has 0 saturated heterocycles. The lowest BCUT2D eigenvalue weighted by molar-refractivity contribution is -0.122. The molecule has 1 unspecified atom stereocenters. The van der Waals surface area contributed by atoms with E-state index in [0.29, 0.717) is 6.54 Å². The number of aromatic nitrogens is 3. The molecule has 1 atom stereocenters. The van der Waals surface area contributed by atoms with Crippen molar-refractivity contribution in [1.29, 1.82) is 0 Å². The van der Waals surface area contributed by atoms with Crippen LogP contribution < -0.4 is 11.0 Å². The first kappa shape index (κ1) is 16.5. The molecule has 1 aliphatic rings. The van der Waals surface area contributed by atoms with Crippen LogP contribution in [0.1, 0.15) is 49.2 Å². The molecule has 0 bridgehead atoms. The lowest BCUT2D eigenvalue weighted by atomic mass is 10.1. The first-order valence-electron chi connectivity index (χ1n) is 8.57. The molecule has 6 heteroatoms. The third-order valence-corrected chi connectivity index (χ3v) is 4.53. The zero-order chi connectivity index (χ0) is 17.1. The number of amides is 1. The number of aryl methyl sites for hydroxylation is 2. The third kappa shape index (κ3) is 3.58. The topological polar surface area (TPSA) is 68.9 Å². The van der Waals surface area contributed by atoms with Crippen LogP contribution in [0.4, 0.5) is 0 Å². The lowest BCUT2D eigenvalue weighted by Gasteiger charge is -2.14. The fourth-order valence-corrected chi connectivity index (χ4v) is 3.09. The number of fused-ring (bicyclic) bond motifs is 1. The molecule has 0 spiro atoms. The van der Waals surface area contributed by atoms with Crippen LogP contribution in [0, 0.1) is 6.92 Å². The standard InChI is InChI=1S/C18H24N4O2/c1-13-7-9-15(10-8-13)14(2)19-17(23)12-22-18(24)21-11-5-3-4-6-16(21)20-22/h7-10,14H,3-6,11-12H2,1-2H3,(H,19,23). The average molecular weight is 328 g/mol. The summed E-state index contributed by atoms with van der Waals surface area (Å²) in [7, 11) is 0. The predicted octanol–water partition coefficient (Wildman–Crippen LogP) is 1.96. The van der Waals surface area contributed by atoms with Gasteiger partial charge in [-0.05, 0) is 32.3 Å². The van der Waals surface area contributed by atoms with Gasteiger partial charge < -0.3 is 5.32 Å². The highest BCUT2D eigenvalue weighted by molar-refractivity contribution is 5.76. The van der Waals surface area contributed by atoms with Gasteiger partial charge in [0, 0.05) is 13.0 Å². The van der Waals surface area contributed by atoms with Gasteiger partial charge in [0.05, 0.1) is 6.04 Å². The van der Waals surface area contributed by atoms with E-state index >= 15 is 0 Å². The molecule has 1 aliphatic heterocycles. The van der Waals surface area contributed by atoms with Gasteiger partial charge in [-0.25, -0.2) is 9.48 Å². The second-order valence-corrected chi connectivity index (χ2v) is 6.52. The summed E-state index contributed by atoms with van der Waals surface area (Å²) in [6.07, 6.45) is 3.98. The van der Waals surface area contributed by atoms with E-state index in [9.17, 15) is 9.59 Å². The van der Waals surface area contributed by atoms with Gasteiger partial charge in [-0.15, -0.1) is 0 Å². The molecule has 1 aromatic carbocycles. The predicted molar refractivity (Wildman–Crippen MR) is 91.8 cm³/mol. The molecule has 2 aromatic rings. The normalized spacial score (nSPS) is 15.4. The van der Waals surface area contributed by atoms with Crippen molar-refractivity contribution in [3.05, 3.63) is 51.7 Å². The van der Waals surface area contributed by atoms with E-state index in [-0.39, 0.29) is 24.2 Å². The van der Waals surface area contributed by atoms with E-state index in [1.54, 1.807) is 4.57 Å². The fraction of sp³-hybridized carbons (Fsp3) is 0.500. The Labute approximate surface area is 141 Å². The molecule has 3 rings (SSSR count). The summed E-state index contributed by atoms with van der Waals surface area (Å²) < 4.78 is 3.00. The van der Waals surface area contributed by atoms with E-state index < -0.39 is 0 Å². The number of hydrogen-bond acceptors (Lipinski definition) is 3. The van der Waals surface area contributed by atoms with Crippen LogP contribution in [0.5, 0.6) is 0 Å². The van der Waals surface area contributed by atoms with E-state index in [0.717, 1.165) is 37.1 Å². The Morgan fingerprint density at radius 1 is 1.25 bits per heavy atom. The summed E-state index contributed by atoms with van der Waals surface area (Å²) in [5, 5.41) is 7.28. The average Bonchev–Trinajstić information content (AvgIpc) is 2.73. The summed E-state index contributed by atoms with van der Waals surface area (Å²) >= 11 is 0. The van der Waals surface area contributed by atoms with Crippen molar-refractivity contribution in [1.82, 2.24) is 19.7 Å². The van der Waals surface area contributed by atoms with Crippen LogP contribution in [-0.4, -0.2) is 20.3 Å². The van der Waals surface area contributed by atoms with Gasteiger partial charge in [0.25, 0.3) is 0 Å². The minimum atomic E-state index is -0.196. The Bertz CT molecular complexity index is 773. The largest absolute Gasteiger partial charge is 0.348 e.